The van der Waals surface area contributed by atoms with Gasteiger partial charge in [-0.2, -0.15) is 5.10 Å². The Bertz CT molecular complexity index is 554. The van der Waals surface area contributed by atoms with Crippen molar-refractivity contribution in [2.75, 3.05) is 18.5 Å². The number of aliphatic hydroxyl groups is 1. The summed E-state index contributed by atoms with van der Waals surface area (Å²) in [7, 11) is 1.86. The molecule has 1 aromatic carbocycles. The van der Waals surface area contributed by atoms with Crippen LogP contribution >= 0.6 is 11.6 Å². The number of hydrogen-bond donors (Lipinski definition) is 2. The third kappa shape index (κ3) is 4.15. The molecular weight excluding hydrogens is 278 g/mol. The first-order chi connectivity index (χ1) is 9.54. The molecule has 1 aromatic heterocycles. The van der Waals surface area contributed by atoms with Crippen LogP contribution in [0.15, 0.2) is 30.5 Å². The number of rotatable bonds is 6. The fourth-order valence-corrected chi connectivity index (χ4v) is 1.91. The molecule has 6 heteroatoms. The second-order valence-corrected chi connectivity index (χ2v) is 5.04. The van der Waals surface area contributed by atoms with Gasteiger partial charge in [0.15, 0.2) is 0 Å². The molecule has 0 spiro atoms. The predicted molar refractivity (Wildman–Crippen MR) is 79.4 cm³/mol. The summed E-state index contributed by atoms with van der Waals surface area (Å²) in [6.45, 7) is 2.53. The molecule has 2 N–H and O–H groups in total. The van der Waals surface area contributed by atoms with E-state index in [9.17, 15) is 5.11 Å². The van der Waals surface area contributed by atoms with E-state index in [1.165, 1.54) is 0 Å². The van der Waals surface area contributed by atoms with Gasteiger partial charge in [-0.15, -0.1) is 0 Å². The van der Waals surface area contributed by atoms with E-state index in [0.29, 0.717) is 17.3 Å². The molecule has 0 aliphatic heterocycles. The van der Waals surface area contributed by atoms with E-state index in [1.54, 1.807) is 28.9 Å². The van der Waals surface area contributed by atoms with Crippen LogP contribution < -0.4 is 10.1 Å². The molecular formula is C14H18ClN3O2. The van der Waals surface area contributed by atoms with E-state index in [2.05, 4.69) is 10.4 Å². The van der Waals surface area contributed by atoms with Gasteiger partial charge in [0.1, 0.15) is 18.5 Å². The van der Waals surface area contributed by atoms with Crippen molar-refractivity contribution in [1.29, 1.82) is 0 Å². The number of ether oxygens (including phenoxy) is 1. The SMILES string of the molecule is Cc1nn(C)cc1NCC(O)COc1ccc(Cl)cc1. The summed E-state index contributed by atoms with van der Waals surface area (Å²) >= 11 is 5.79. The van der Waals surface area contributed by atoms with Crippen LogP contribution in [0.5, 0.6) is 5.75 Å². The summed E-state index contributed by atoms with van der Waals surface area (Å²) in [4.78, 5) is 0. The van der Waals surface area contributed by atoms with Crippen LogP contribution in [0.1, 0.15) is 5.69 Å². The molecule has 0 radical (unpaired) electrons. The standard InChI is InChI=1S/C14H18ClN3O2/c1-10-14(8-18(2)17-10)16-7-12(19)9-20-13-5-3-11(15)4-6-13/h3-6,8,12,16,19H,7,9H2,1-2H3. The van der Waals surface area contributed by atoms with Gasteiger partial charge in [0.2, 0.25) is 0 Å². The molecule has 0 fully saturated rings. The third-order valence-corrected chi connectivity index (χ3v) is 3.05. The number of aliphatic hydroxyl groups excluding tert-OH is 1. The van der Waals surface area contributed by atoms with Crippen molar-refractivity contribution < 1.29 is 9.84 Å². The van der Waals surface area contributed by atoms with Crippen molar-refractivity contribution >= 4 is 17.3 Å². The van der Waals surface area contributed by atoms with Crippen LogP contribution in [0.2, 0.25) is 5.02 Å². The van der Waals surface area contributed by atoms with E-state index in [0.717, 1.165) is 11.4 Å². The minimum atomic E-state index is -0.606. The molecule has 0 aliphatic carbocycles. The number of nitrogens with zero attached hydrogens (tertiary/aromatic N) is 2. The second-order valence-electron chi connectivity index (χ2n) is 4.60. The quantitative estimate of drug-likeness (QED) is 0.858. The zero-order valence-corrected chi connectivity index (χ0v) is 12.3. The van der Waals surface area contributed by atoms with Gasteiger partial charge < -0.3 is 15.2 Å². The average Bonchev–Trinajstić information content (AvgIpc) is 2.74. The Morgan fingerprint density at radius 1 is 1.40 bits per heavy atom. The van der Waals surface area contributed by atoms with E-state index >= 15 is 0 Å². The van der Waals surface area contributed by atoms with Gasteiger partial charge in [0.05, 0.1) is 11.4 Å². The Labute approximate surface area is 123 Å². The van der Waals surface area contributed by atoms with E-state index in [4.69, 9.17) is 16.3 Å². The molecule has 5 nitrogen and oxygen atoms in total. The number of halogens is 1. The summed E-state index contributed by atoms with van der Waals surface area (Å²) in [6.07, 6.45) is 1.27. The molecule has 1 atom stereocenters. The number of benzene rings is 1. The van der Waals surface area contributed by atoms with Gasteiger partial charge in [0.25, 0.3) is 0 Å². The maximum absolute atomic E-state index is 9.88. The Morgan fingerprint density at radius 2 is 2.10 bits per heavy atom. The highest BCUT2D eigenvalue weighted by Crippen LogP contribution is 2.16. The van der Waals surface area contributed by atoms with Crippen molar-refractivity contribution in [3.63, 3.8) is 0 Å². The molecule has 0 amide bonds. The van der Waals surface area contributed by atoms with Crippen molar-refractivity contribution in [3.8, 4) is 5.75 Å². The molecule has 20 heavy (non-hydrogen) atoms. The average molecular weight is 296 g/mol. The molecule has 0 bridgehead atoms. The Kier molecular flexibility index (Phi) is 4.87. The molecule has 1 heterocycles. The normalized spacial score (nSPS) is 12.2. The minimum absolute atomic E-state index is 0.216. The highest BCUT2D eigenvalue weighted by atomic mass is 35.5. The van der Waals surface area contributed by atoms with Crippen LogP contribution in [-0.4, -0.2) is 34.1 Å². The first-order valence-electron chi connectivity index (χ1n) is 6.35. The zero-order chi connectivity index (χ0) is 14.5. The Hall–Kier alpha value is -1.72. The molecule has 0 saturated heterocycles. The van der Waals surface area contributed by atoms with Gasteiger partial charge in [-0.05, 0) is 31.2 Å². The van der Waals surface area contributed by atoms with Gasteiger partial charge in [-0.25, -0.2) is 0 Å². The third-order valence-electron chi connectivity index (χ3n) is 2.80. The summed E-state index contributed by atoms with van der Waals surface area (Å²) in [5.74, 6) is 0.686. The molecule has 1 unspecified atom stereocenters. The number of hydrogen-bond acceptors (Lipinski definition) is 4. The highest BCUT2D eigenvalue weighted by molar-refractivity contribution is 6.30. The maximum atomic E-state index is 9.88. The van der Waals surface area contributed by atoms with Crippen LogP contribution in [0.3, 0.4) is 0 Å². The predicted octanol–water partition coefficient (Wildman–Crippen LogP) is 2.23. The van der Waals surface area contributed by atoms with E-state index < -0.39 is 6.10 Å². The van der Waals surface area contributed by atoms with Gasteiger partial charge >= 0.3 is 0 Å². The first kappa shape index (κ1) is 14.7. The lowest BCUT2D eigenvalue weighted by Gasteiger charge is -2.13. The first-order valence-corrected chi connectivity index (χ1v) is 6.73. The minimum Gasteiger partial charge on any atom is -0.491 e. The molecule has 2 aromatic rings. The van der Waals surface area contributed by atoms with Crippen LogP contribution in [0.4, 0.5) is 5.69 Å². The Morgan fingerprint density at radius 3 is 2.70 bits per heavy atom. The van der Waals surface area contributed by atoms with Crippen LogP contribution in [-0.2, 0) is 7.05 Å². The topological polar surface area (TPSA) is 59.3 Å². The maximum Gasteiger partial charge on any atom is 0.119 e. The molecule has 0 aliphatic rings. The van der Waals surface area contributed by atoms with Crippen LogP contribution in [0, 0.1) is 6.92 Å². The lowest BCUT2D eigenvalue weighted by Crippen LogP contribution is -2.26. The summed E-state index contributed by atoms with van der Waals surface area (Å²) in [6, 6.07) is 7.04. The summed E-state index contributed by atoms with van der Waals surface area (Å²) in [5.41, 5.74) is 1.82. The molecule has 108 valence electrons. The Balaban J connectivity index is 1.76. The number of nitrogens with one attached hydrogen (secondary N) is 1. The van der Waals surface area contributed by atoms with E-state index in [1.807, 2.05) is 20.2 Å². The van der Waals surface area contributed by atoms with Crippen LogP contribution in [0.25, 0.3) is 0 Å². The van der Waals surface area contributed by atoms with Gasteiger partial charge in [-0.3, -0.25) is 4.68 Å². The van der Waals surface area contributed by atoms with Crippen molar-refractivity contribution in [3.05, 3.63) is 41.2 Å². The largest absolute Gasteiger partial charge is 0.491 e. The highest BCUT2D eigenvalue weighted by Gasteiger charge is 2.08. The zero-order valence-electron chi connectivity index (χ0n) is 11.5. The van der Waals surface area contributed by atoms with Crippen molar-refractivity contribution in [1.82, 2.24) is 9.78 Å². The number of aromatic nitrogens is 2. The summed E-state index contributed by atoms with van der Waals surface area (Å²) in [5, 5.41) is 17.9. The number of anilines is 1. The smallest absolute Gasteiger partial charge is 0.119 e. The fraction of sp³-hybridized carbons (Fsp3) is 0.357. The molecule has 0 saturated carbocycles. The lowest BCUT2D eigenvalue weighted by molar-refractivity contribution is 0.117. The van der Waals surface area contributed by atoms with Crippen molar-refractivity contribution in [2.45, 2.75) is 13.0 Å². The fourth-order valence-electron chi connectivity index (χ4n) is 1.78. The van der Waals surface area contributed by atoms with Gasteiger partial charge in [0, 0.05) is 24.8 Å². The lowest BCUT2D eigenvalue weighted by atomic mass is 10.3. The van der Waals surface area contributed by atoms with Crippen molar-refractivity contribution in [2.24, 2.45) is 7.05 Å². The number of aryl methyl sites for hydroxylation is 2. The molecule has 2 rings (SSSR count). The van der Waals surface area contributed by atoms with E-state index in [-0.39, 0.29) is 6.61 Å². The summed E-state index contributed by atoms with van der Waals surface area (Å²) < 4.78 is 7.21. The van der Waals surface area contributed by atoms with Gasteiger partial charge in [-0.1, -0.05) is 11.6 Å². The second kappa shape index (κ2) is 6.63. The monoisotopic (exact) mass is 295 g/mol.